The molecule has 2 bridgehead atoms. The minimum absolute atomic E-state index is 0.161. The fraction of sp³-hybridized carbons (Fsp3) is 0.409. The van der Waals surface area contributed by atoms with Crippen LogP contribution in [0.1, 0.15) is 30.9 Å². The lowest BCUT2D eigenvalue weighted by Crippen LogP contribution is -2.45. The van der Waals surface area contributed by atoms with Gasteiger partial charge < -0.3 is 19.7 Å². The van der Waals surface area contributed by atoms with Gasteiger partial charge in [0.05, 0.1) is 43.3 Å². The number of aromatic nitrogens is 4. The fourth-order valence-corrected chi connectivity index (χ4v) is 4.36. The van der Waals surface area contributed by atoms with E-state index in [0.717, 1.165) is 24.2 Å². The van der Waals surface area contributed by atoms with Gasteiger partial charge >= 0.3 is 0 Å². The van der Waals surface area contributed by atoms with Crippen LogP contribution in [0.5, 0.6) is 11.6 Å². The van der Waals surface area contributed by atoms with Gasteiger partial charge in [-0.15, -0.1) is 0 Å². The Labute approximate surface area is 178 Å². The van der Waals surface area contributed by atoms with Crippen molar-refractivity contribution in [3.63, 3.8) is 0 Å². The standard InChI is InChI=1S/C22H23FN6O2/c1-12-6-24-13(2)17-8-26-29-10-19-21(27-20(17)29)28(18(11-30-19)14-3-4-14)9-15-5-16(23)7-25-22(15)31-12/h5,7-8,10,12,14,18,24H,2-4,6,9,11H2,1H3/t12-,18-/m0/s1. The van der Waals surface area contributed by atoms with Crippen LogP contribution >= 0.6 is 0 Å². The number of nitrogens with one attached hydrogen (secondary N) is 1. The van der Waals surface area contributed by atoms with Crippen LogP contribution in [0.4, 0.5) is 10.2 Å². The van der Waals surface area contributed by atoms with Gasteiger partial charge in [-0.1, -0.05) is 6.58 Å². The van der Waals surface area contributed by atoms with E-state index in [1.165, 1.54) is 12.3 Å². The van der Waals surface area contributed by atoms with E-state index in [2.05, 4.69) is 26.9 Å². The molecule has 3 aromatic rings. The molecule has 2 aliphatic heterocycles. The Morgan fingerprint density at radius 2 is 2.16 bits per heavy atom. The monoisotopic (exact) mass is 422 g/mol. The van der Waals surface area contributed by atoms with Crippen LogP contribution in [0.2, 0.25) is 0 Å². The van der Waals surface area contributed by atoms with Crippen molar-refractivity contribution in [1.29, 1.82) is 0 Å². The Morgan fingerprint density at radius 3 is 3.00 bits per heavy atom. The molecule has 5 heterocycles. The number of halogens is 1. The van der Waals surface area contributed by atoms with Gasteiger partial charge in [-0.2, -0.15) is 5.10 Å². The van der Waals surface area contributed by atoms with Gasteiger partial charge in [0.2, 0.25) is 5.88 Å². The molecule has 31 heavy (non-hydrogen) atoms. The fourth-order valence-electron chi connectivity index (χ4n) is 4.36. The zero-order chi connectivity index (χ0) is 21.1. The third kappa shape index (κ3) is 3.15. The number of anilines is 1. The van der Waals surface area contributed by atoms with Gasteiger partial charge in [-0.05, 0) is 31.7 Å². The van der Waals surface area contributed by atoms with Crippen LogP contribution in [-0.4, -0.2) is 44.9 Å². The highest BCUT2D eigenvalue weighted by molar-refractivity contribution is 5.75. The Kier molecular flexibility index (Phi) is 4.06. The van der Waals surface area contributed by atoms with Crippen LogP contribution in [0, 0.1) is 11.7 Å². The van der Waals surface area contributed by atoms with Crippen molar-refractivity contribution in [2.75, 3.05) is 18.1 Å². The van der Waals surface area contributed by atoms with E-state index in [9.17, 15) is 4.39 Å². The molecule has 1 fully saturated rings. The first-order chi connectivity index (χ1) is 15.1. The maximum absolute atomic E-state index is 14.2. The smallest absolute Gasteiger partial charge is 0.218 e. The number of hydrogen-bond acceptors (Lipinski definition) is 7. The molecular formula is C22H23FN6O2. The highest BCUT2D eigenvalue weighted by Crippen LogP contribution is 2.43. The second-order valence-electron chi connectivity index (χ2n) is 8.50. The maximum Gasteiger partial charge on any atom is 0.218 e. The first kappa shape index (κ1) is 18.4. The van der Waals surface area contributed by atoms with Crippen molar-refractivity contribution in [2.45, 2.75) is 38.5 Å². The van der Waals surface area contributed by atoms with Gasteiger partial charge in [0.25, 0.3) is 0 Å². The molecule has 6 rings (SSSR count). The number of pyridine rings is 1. The molecule has 1 saturated carbocycles. The molecule has 1 aliphatic carbocycles. The summed E-state index contributed by atoms with van der Waals surface area (Å²) in [6.45, 7) is 7.62. The van der Waals surface area contributed by atoms with Crippen molar-refractivity contribution < 1.29 is 13.9 Å². The first-order valence-electron chi connectivity index (χ1n) is 10.6. The minimum atomic E-state index is -0.385. The van der Waals surface area contributed by atoms with E-state index in [0.29, 0.717) is 54.2 Å². The molecule has 0 unspecified atom stereocenters. The van der Waals surface area contributed by atoms with Gasteiger partial charge in [0.1, 0.15) is 18.5 Å². The Morgan fingerprint density at radius 1 is 1.29 bits per heavy atom. The molecule has 3 aromatic heterocycles. The van der Waals surface area contributed by atoms with E-state index < -0.39 is 0 Å². The number of fused-ring (bicyclic) bond motifs is 1. The average Bonchev–Trinajstić information content (AvgIpc) is 3.51. The van der Waals surface area contributed by atoms with Crippen molar-refractivity contribution in [2.24, 2.45) is 5.92 Å². The lowest BCUT2D eigenvalue weighted by atomic mass is 10.1. The lowest BCUT2D eigenvalue weighted by Gasteiger charge is -2.38. The molecule has 0 aromatic carbocycles. The summed E-state index contributed by atoms with van der Waals surface area (Å²) in [5, 5.41) is 7.74. The molecule has 0 amide bonds. The van der Waals surface area contributed by atoms with Gasteiger partial charge in [0.15, 0.2) is 17.2 Å². The second kappa shape index (κ2) is 6.83. The molecule has 8 nitrogen and oxygen atoms in total. The second-order valence-corrected chi connectivity index (χ2v) is 8.50. The molecular weight excluding hydrogens is 399 g/mol. The van der Waals surface area contributed by atoms with Crippen molar-refractivity contribution in [3.05, 3.63) is 48.2 Å². The summed E-state index contributed by atoms with van der Waals surface area (Å²) in [4.78, 5) is 11.4. The van der Waals surface area contributed by atoms with Crippen LogP contribution in [0.25, 0.3) is 11.3 Å². The molecule has 3 aliphatic rings. The summed E-state index contributed by atoms with van der Waals surface area (Å²) in [5.41, 5.74) is 2.93. The van der Waals surface area contributed by atoms with Crippen LogP contribution in [-0.2, 0) is 6.54 Å². The van der Waals surface area contributed by atoms with E-state index in [-0.39, 0.29) is 18.0 Å². The Bertz CT molecular complexity index is 1190. The summed E-state index contributed by atoms with van der Waals surface area (Å²) in [6.07, 6.45) is 6.92. The number of hydrogen-bond donors (Lipinski definition) is 1. The lowest BCUT2D eigenvalue weighted by molar-refractivity contribution is 0.210. The largest absolute Gasteiger partial charge is 0.486 e. The number of rotatable bonds is 1. The van der Waals surface area contributed by atoms with Crippen molar-refractivity contribution in [1.82, 2.24) is 24.9 Å². The molecule has 9 heteroatoms. The number of ether oxygens (including phenoxy) is 2. The van der Waals surface area contributed by atoms with E-state index in [1.54, 1.807) is 10.7 Å². The van der Waals surface area contributed by atoms with Crippen LogP contribution in [0.15, 0.2) is 31.2 Å². The molecule has 0 spiro atoms. The van der Waals surface area contributed by atoms with E-state index in [4.69, 9.17) is 14.5 Å². The van der Waals surface area contributed by atoms with E-state index in [1.807, 2.05) is 13.1 Å². The molecule has 0 radical (unpaired) electrons. The average molecular weight is 422 g/mol. The zero-order valence-electron chi connectivity index (χ0n) is 17.2. The minimum Gasteiger partial charge on any atom is -0.486 e. The van der Waals surface area contributed by atoms with Gasteiger partial charge in [0, 0.05) is 11.3 Å². The highest BCUT2D eigenvalue weighted by atomic mass is 19.1. The number of nitrogens with zero attached hydrogens (tertiary/aromatic N) is 5. The topological polar surface area (TPSA) is 76.8 Å². The third-order valence-corrected chi connectivity index (χ3v) is 6.16. The molecule has 2 atom stereocenters. The van der Waals surface area contributed by atoms with Gasteiger partial charge in [-0.25, -0.2) is 18.9 Å². The first-order valence-corrected chi connectivity index (χ1v) is 10.6. The van der Waals surface area contributed by atoms with Crippen LogP contribution in [0.3, 0.4) is 0 Å². The Balaban J connectivity index is 1.54. The summed E-state index contributed by atoms with van der Waals surface area (Å²) in [6, 6.07) is 1.66. The van der Waals surface area contributed by atoms with Crippen LogP contribution < -0.4 is 19.7 Å². The molecule has 160 valence electrons. The normalized spacial score (nSPS) is 23.2. The summed E-state index contributed by atoms with van der Waals surface area (Å²) >= 11 is 0. The SMILES string of the molecule is C=C1NC[C@H](C)Oc2ncc(F)cc2CN2c3nc4c1cnn4cc3OC[C@H]2C1CC1. The third-order valence-electron chi connectivity index (χ3n) is 6.16. The predicted octanol–water partition coefficient (Wildman–Crippen LogP) is 2.78. The predicted molar refractivity (Wildman–Crippen MR) is 112 cm³/mol. The van der Waals surface area contributed by atoms with Crippen molar-refractivity contribution >= 4 is 17.2 Å². The zero-order valence-corrected chi connectivity index (χ0v) is 17.2. The highest BCUT2D eigenvalue weighted by Gasteiger charge is 2.41. The maximum atomic E-state index is 14.2. The summed E-state index contributed by atoms with van der Waals surface area (Å²) in [7, 11) is 0. The summed E-state index contributed by atoms with van der Waals surface area (Å²) < 4.78 is 28.1. The molecule has 0 saturated heterocycles. The Hall–Kier alpha value is -3.36. The quantitative estimate of drug-likeness (QED) is 0.646. The van der Waals surface area contributed by atoms with Crippen molar-refractivity contribution in [3.8, 4) is 11.6 Å². The van der Waals surface area contributed by atoms with Gasteiger partial charge in [-0.3, -0.25) is 0 Å². The summed E-state index contributed by atoms with van der Waals surface area (Å²) in [5.74, 6) is 1.98. The molecule has 1 N–H and O–H groups in total. The van der Waals surface area contributed by atoms with E-state index >= 15 is 0 Å².